The highest BCUT2D eigenvalue weighted by atomic mass is 32.2. The third kappa shape index (κ3) is 4.51. The molecule has 6 heteroatoms. The average molecular weight is 312 g/mol. The van der Waals surface area contributed by atoms with Crippen LogP contribution in [-0.2, 0) is 9.84 Å². The average Bonchev–Trinajstić information content (AvgIpc) is 2.47. The van der Waals surface area contributed by atoms with Crippen LogP contribution < -0.4 is 0 Å². The molecule has 1 aromatic rings. The van der Waals surface area contributed by atoms with E-state index >= 15 is 0 Å². The quantitative estimate of drug-likeness (QED) is 0.870. The number of β-amino-alcohol motifs (C(OH)–C–C–N with tert-alkyl or cyclic N) is 1. The van der Waals surface area contributed by atoms with E-state index in [-0.39, 0.29) is 4.90 Å². The molecule has 1 aliphatic rings. The lowest BCUT2D eigenvalue weighted by atomic mass is 10.1. The van der Waals surface area contributed by atoms with E-state index in [9.17, 15) is 13.5 Å². The first-order chi connectivity index (χ1) is 9.90. The second kappa shape index (κ2) is 6.87. The van der Waals surface area contributed by atoms with Crippen LogP contribution in [0.3, 0.4) is 0 Å². The molecule has 1 aromatic carbocycles. The smallest absolute Gasteiger partial charge is 0.175 e. The second-order valence-electron chi connectivity index (χ2n) is 5.59. The Balaban J connectivity index is 1.93. The van der Waals surface area contributed by atoms with Crippen LogP contribution in [0, 0.1) is 0 Å². The molecule has 1 N–H and O–H groups in total. The minimum atomic E-state index is -3.18. The van der Waals surface area contributed by atoms with E-state index in [1.165, 1.54) is 6.26 Å². The molecule has 1 unspecified atom stereocenters. The highest BCUT2D eigenvalue weighted by Gasteiger charge is 2.19. The van der Waals surface area contributed by atoms with Crippen LogP contribution in [0.1, 0.15) is 18.6 Å². The molecular weight excluding hydrogens is 288 g/mol. The van der Waals surface area contributed by atoms with Gasteiger partial charge in [-0.25, -0.2) is 8.42 Å². The molecule has 118 valence electrons. The van der Waals surface area contributed by atoms with Gasteiger partial charge in [0.05, 0.1) is 11.0 Å². The maximum Gasteiger partial charge on any atom is 0.175 e. The summed E-state index contributed by atoms with van der Waals surface area (Å²) in [5, 5.41) is 10.3. The van der Waals surface area contributed by atoms with Gasteiger partial charge in [0.2, 0.25) is 0 Å². The van der Waals surface area contributed by atoms with E-state index in [0.29, 0.717) is 6.54 Å². The Labute approximate surface area is 127 Å². The lowest BCUT2D eigenvalue weighted by molar-refractivity contribution is 0.0744. The fraction of sp³-hybridized carbons (Fsp3) is 0.600. The summed E-state index contributed by atoms with van der Waals surface area (Å²) in [4.78, 5) is 4.93. The summed E-state index contributed by atoms with van der Waals surface area (Å²) in [6, 6.07) is 6.51. The number of aliphatic hydroxyl groups excluding tert-OH is 1. The molecule has 1 atom stereocenters. The van der Waals surface area contributed by atoms with Crippen molar-refractivity contribution in [2.24, 2.45) is 0 Å². The highest BCUT2D eigenvalue weighted by Crippen LogP contribution is 2.18. The number of piperazine rings is 1. The molecule has 0 aromatic heterocycles. The molecule has 1 fully saturated rings. The SMILES string of the molecule is CCN1CCN(CC(O)c2ccc(S(C)(=O)=O)cc2)CC1. The van der Waals surface area contributed by atoms with Crippen LogP contribution in [0.25, 0.3) is 0 Å². The van der Waals surface area contributed by atoms with E-state index in [2.05, 4.69) is 16.7 Å². The predicted octanol–water partition coefficient (Wildman–Crippen LogP) is 0.761. The molecule has 1 heterocycles. The third-order valence-electron chi connectivity index (χ3n) is 4.04. The summed E-state index contributed by atoms with van der Waals surface area (Å²) < 4.78 is 22.8. The van der Waals surface area contributed by atoms with Gasteiger partial charge >= 0.3 is 0 Å². The fourth-order valence-corrected chi connectivity index (χ4v) is 3.21. The van der Waals surface area contributed by atoms with Crippen LogP contribution in [-0.4, -0.2) is 68.8 Å². The van der Waals surface area contributed by atoms with Crippen molar-refractivity contribution in [1.29, 1.82) is 0 Å². The molecule has 0 amide bonds. The van der Waals surface area contributed by atoms with E-state index in [1.807, 2.05) is 0 Å². The molecule has 0 bridgehead atoms. The van der Waals surface area contributed by atoms with Gasteiger partial charge in [0.25, 0.3) is 0 Å². The summed E-state index contributed by atoms with van der Waals surface area (Å²) in [6.45, 7) is 7.83. The Morgan fingerprint density at radius 3 is 2.10 bits per heavy atom. The summed E-state index contributed by atoms with van der Waals surface area (Å²) in [5.74, 6) is 0. The van der Waals surface area contributed by atoms with Gasteiger partial charge in [-0.15, -0.1) is 0 Å². The zero-order chi connectivity index (χ0) is 15.5. The summed E-state index contributed by atoms with van der Waals surface area (Å²) >= 11 is 0. The van der Waals surface area contributed by atoms with Crippen molar-refractivity contribution in [3.63, 3.8) is 0 Å². The predicted molar refractivity (Wildman–Crippen MR) is 83.1 cm³/mol. The van der Waals surface area contributed by atoms with Crippen LogP contribution in [0.5, 0.6) is 0 Å². The van der Waals surface area contributed by atoms with Crippen molar-refractivity contribution >= 4 is 9.84 Å². The van der Waals surface area contributed by atoms with Gasteiger partial charge in [0.1, 0.15) is 0 Å². The number of aliphatic hydroxyl groups is 1. The van der Waals surface area contributed by atoms with Crippen molar-refractivity contribution in [2.45, 2.75) is 17.9 Å². The standard InChI is InChI=1S/C15H24N2O3S/c1-3-16-8-10-17(11-9-16)12-15(18)13-4-6-14(7-5-13)21(2,19)20/h4-7,15,18H,3,8-12H2,1-2H3. The van der Waals surface area contributed by atoms with Gasteiger partial charge in [-0.05, 0) is 24.2 Å². The number of likely N-dealkylation sites (N-methyl/N-ethyl adjacent to an activating group) is 1. The zero-order valence-electron chi connectivity index (χ0n) is 12.7. The molecule has 0 aliphatic carbocycles. The topological polar surface area (TPSA) is 60.9 Å². The maximum atomic E-state index is 11.4. The molecule has 0 radical (unpaired) electrons. The molecular formula is C15H24N2O3S. The van der Waals surface area contributed by atoms with Crippen molar-refractivity contribution in [1.82, 2.24) is 9.80 Å². The second-order valence-corrected chi connectivity index (χ2v) is 7.61. The number of nitrogens with zero attached hydrogens (tertiary/aromatic N) is 2. The number of rotatable bonds is 5. The van der Waals surface area contributed by atoms with Gasteiger partial charge in [-0.2, -0.15) is 0 Å². The summed E-state index contributed by atoms with van der Waals surface area (Å²) in [5.41, 5.74) is 0.764. The van der Waals surface area contributed by atoms with Gasteiger partial charge in [-0.1, -0.05) is 19.1 Å². The molecule has 5 nitrogen and oxygen atoms in total. The minimum Gasteiger partial charge on any atom is -0.387 e. The van der Waals surface area contributed by atoms with E-state index in [0.717, 1.165) is 38.3 Å². The van der Waals surface area contributed by atoms with E-state index in [1.54, 1.807) is 24.3 Å². The molecule has 1 aliphatic heterocycles. The van der Waals surface area contributed by atoms with Crippen molar-refractivity contribution in [3.8, 4) is 0 Å². The Morgan fingerprint density at radius 2 is 1.62 bits per heavy atom. The number of benzene rings is 1. The van der Waals surface area contributed by atoms with Crippen molar-refractivity contribution < 1.29 is 13.5 Å². The van der Waals surface area contributed by atoms with Crippen molar-refractivity contribution in [3.05, 3.63) is 29.8 Å². The first-order valence-electron chi connectivity index (χ1n) is 7.33. The maximum absolute atomic E-state index is 11.4. The third-order valence-corrected chi connectivity index (χ3v) is 5.16. The van der Waals surface area contributed by atoms with Crippen LogP contribution >= 0.6 is 0 Å². The Kier molecular flexibility index (Phi) is 5.37. The van der Waals surface area contributed by atoms with E-state index < -0.39 is 15.9 Å². The first-order valence-corrected chi connectivity index (χ1v) is 9.22. The molecule has 0 saturated carbocycles. The first kappa shape index (κ1) is 16.4. The Hall–Kier alpha value is -0.950. The summed E-state index contributed by atoms with van der Waals surface area (Å²) in [7, 11) is -3.18. The lowest BCUT2D eigenvalue weighted by Gasteiger charge is -2.35. The lowest BCUT2D eigenvalue weighted by Crippen LogP contribution is -2.47. The van der Waals surface area contributed by atoms with Crippen LogP contribution in [0.2, 0.25) is 0 Å². The summed E-state index contributed by atoms with van der Waals surface area (Å²) in [6.07, 6.45) is 0.609. The fourth-order valence-electron chi connectivity index (χ4n) is 2.58. The van der Waals surface area contributed by atoms with Gasteiger partial charge in [-0.3, -0.25) is 4.90 Å². The van der Waals surface area contributed by atoms with E-state index in [4.69, 9.17) is 0 Å². The minimum absolute atomic E-state index is 0.287. The Morgan fingerprint density at radius 1 is 1.10 bits per heavy atom. The highest BCUT2D eigenvalue weighted by molar-refractivity contribution is 7.90. The molecule has 21 heavy (non-hydrogen) atoms. The normalized spacial score (nSPS) is 19.6. The van der Waals surface area contributed by atoms with Crippen LogP contribution in [0.15, 0.2) is 29.2 Å². The van der Waals surface area contributed by atoms with Gasteiger partial charge < -0.3 is 10.0 Å². The van der Waals surface area contributed by atoms with Gasteiger partial charge in [0, 0.05) is 39.0 Å². The molecule has 1 saturated heterocycles. The largest absolute Gasteiger partial charge is 0.387 e. The number of sulfone groups is 1. The zero-order valence-corrected chi connectivity index (χ0v) is 13.5. The number of hydrogen-bond donors (Lipinski definition) is 1. The number of hydrogen-bond acceptors (Lipinski definition) is 5. The molecule has 2 rings (SSSR count). The Bertz CT molecular complexity index is 549. The van der Waals surface area contributed by atoms with Crippen molar-refractivity contribution in [2.75, 3.05) is 45.5 Å². The molecule has 0 spiro atoms. The van der Waals surface area contributed by atoms with Crippen LogP contribution in [0.4, 0.5) is 0 Å². The van der Waals surface area contributed by atoms with Gasteiger partial charge in [0.15, 0.2) is 9.84 Å². The monoisotopic (exact) mass is 312 g/mol.